The van der Waals surface area contributed by atoms with E-state index in [2.05, 4.69) is 0 Å². The molecule has 2 aromatic rings. The normalized spacial score (nSPS) is 14.3. The molecule has 0 aliphatic heterocycles. The molecule has 2 N–H and O–H groups in total. The molecule has 0 aliphatic carbocycles. The molecule has 2 atom stereocenters. The quantitative estimate of drug-likeness (QED) is 0.709. The van der Waals surface area contributed by atoms with Gasteiger partial charge >= 0.3 is 5.97 Å². The van der Waals surface area contributed by atoms with E-state index in [9.17, 15) is 15.0 Å². The van der Waals surface area contributed by atoms with Crippen LogP contribution in [0.5, 0.6) is 0 Å². The summed E-state index contributed by atoms with van der Waals surface area (Å²) in [6.45, 7) is 0.420. The Bertz CT molecular complexity index is 677. The van der Waals surface area contributed by atoms with Gasteiger partial charge in [0.05, 0.1) is 6.10 Å². The molecule has 2 rings (SSSR count). The van der Waals surface area contributed by atoms with Gasteiger partial charge in [-0.3, -0.25) is 9.69 Å². The molecule has 0 saturated carbocycles. The first-order valence-corrected chi connectivity index (χ1v) is 9.12. The van der Waals surface area contributed by atoms with Gasteiger partial charge in [0.1, 0.15) is 6.04 Å². The van der Waals surface area contributed by atoms with E-state index in [1.807, 2.05) is 79.7 Å². The molecule has 0 radical (unpaired) electrons. The fraction of sp³-hybridized carbons (Fsp3) is 0.409. The lowest BCUT2D eigenvalue weighted by Gasteiger charge is -2.43. The lowest BCUT2D eigenvalue weighted by atomic mass is 9.66. The fourth-order valence-electron chi connectivity index (χ4n) is 3.69. The number of benzene rings is 2. The smallest absolute Gasteiger partial charge is 0.320 e. The van der Waals surface area contributed by atoms with Crippen LogP contribution in [0.4, 0.5) is 0 Å². The number of rotatable bonds is 9. The largest absolute Gasteiger partial charge is 0.480 e. The van der Waals surface area contributed by atoms with Crippen molar-refractivity contribution in [1.82, 2.24) is 9.80 Å². The van der Waals surface area contributed by atoms with Crippen LogP contribution in [0, 0.1) is 0 Å². The molecule has 0 fully saturated rings. The van der Waals surface area contributed by atoms with E-state index in [1.165, 1.54) is 0 Å². The topological polar surface area (TPSA) is 64.0 Å². The zero-order chi connectivity index (χ0) is 20.0. The summed E-state index contributed by atoms with van der Waals surface area (Å²) in [5.74, 6) is -0.895. The van der Waals surface area contributed by atoms with Gasteiger partial charge in [0.15, 0.2) is 0 Å². The Morgan fingerprint density at radius 1 is 0.926 bits per heavy atom. The van der Waals surface area contributed by atoms with Crippen LogP contribution in [-0.2, 0) is 10.2 Å². The molecule has 5 nitrogen and oxygen atoms in total. The van der Waals surface area contributed by atoms with Crippen molar-refractivity contribution in [3.05, 3.63) is 71.8 Å². The number of hydrogen-bond acceptors (Lipinski definition) is 4. The van der Waals surface area contributed by atoms with Gasteiger partial charge < -0.3 is 15.1 Å². The van der Waals surface area contributed by atoms with Gasteiger partial charge in [0.25, 0.3) is 0 Å². The van der Waals surface area contributed by atoms with E-state index in [0.717, 1.165) is 11.1 Å². The van der Waals surface area contributed by atoms with Gasteiger partial charge in [-0.25, -0.2) is 0 Å². The third-order valence-electron chi connectivity index (χ3n) is 5.11. The number of nitrogens with zero attached hydrogens (tertiary/aromatic N) is 2. The Balaban J connectivity index is 2.71. The number of hydrogen-bond donors (Lipinski definition) is 2. The van der Waals surface area contributed by atoms with Crippen LogP contribution < -0.4 is 0 Å². The molecule has 0 saturated heterocycles. The maximum atomic E-state index is 12.0. The van der Waals surface area contributed by atoms with Gasteiger partial charge in [0, 0.05) is 12.0 Å². The van der Waals surface area contributed by atoms with Gasteiger partial charge in [-0.2, -0.15) is 0 Å². The number of carboxylic acid groups (broad SMARTS) is 1. The van der Waals surface area contributed by atoms with E-state index in [1.54, 1.807) is 19.0 Å². The lowest BCUT2D eigenvalue weighted by molar-refractivity contribution is -0.143. The van der Waals surface area contributed by atoms with E-state index in [-0.39, 0.29) is 6.42 Å². The van der Waals surface area contributed by atoms with Crippen LogP contribution in [0.25, 0.3) is 0 Å². The highest BCUT2D eigenvalue weighted by Gasteiger charge is 2.45. The maximum absolute atomic E-state index is 12.0. The van der Waals surface area contributed by atoms with Gasteiger partial charge in [-0.15, -0.1) is 0 Å². The fourth-order valence-corrected chi connectivity index (χ4v) is 3.69. The molecule has 0 aliphatic rings. The molecule has 27 heavy (non-hydrogen) atoms. The van der Waals surface area contributed by atoms with Gasteiger partial charge in [0.2, 0.25) is 0 Å². The van der Waals surface area contributed by atoms with Crippen LogP contribution in [0.1, 0.15) is 17.5 Å². The van der Waals surface area contributed by atoms with Crippen molar-refractivity contribution < 1.29 is 15.0 Å². The first-order chi connectivity index (χ1) is 12.8. The summed E-state index contributed by atoms with van der Waals surface area (Å²) in [6.07, 6.45) is -0.516. The Kier molecular flexibility index (Phi) is 7.13. The number of likely N-dealkylation sites (N-methyl/N-ethyl adjacent to an activating group) is 2. The Hall–Kier alpha value is -2.21. The van der Waals surface area contributed by atoms with E-state index in [0.29, 0.717) is 6.54 Å². The molecule has 146 valence electrons. The first kappa shape index (κ1) is 21.1. The summed E-state index contributed by atoms with van der Waals surface area (Å²) >= 11 is 0. The number of carboxylic acids is 1. The van der Waals surface area contributed by atoms with Crippen LogP contribution in [0.3, 0.4) is 0 Å². The summed E-state index contributed by atoms with van der Waals surface area (Å²) in [5, 5.41) is 21.2. The van der Waals surface area contributed by atoms with Crippen LogP contribution >= 0.6 is 0 Å². The van der Waals surface area contributed by atoms with E-state index < -0.39 is 23.5 Å². The summed E-state index contributed by atoms with van der Waals surface area (Å²) in [6, 6.07) is 18.7. The third kappa shape index (κ3) is 4.75. The molecule has 0 bridgehead atoms. The zero-order valence-corrected chi connectivity index (χ0v) is 16.5. The second-order valence-corrected chi connectivity index (χ2v) is 7.50. The molecule has 0 amide bonds. The van der Waals surface area contributed by atoms with Crippen molar-refractivity contribution in [2.75, 3.05) is 34.7 Å². The zero-order valence-electron chi connectivity index (χ0n) is 16.5. The predicted octanol–water partition coefficient (Wildman–Crippen LogP) is 2.30. The van der Waals surface area contributed by atoms with Crippen LogP contribution in [0.2, 0.25) is 0 Å². The van der Waals surface area contributed by atoms with Crippen molar-refractivity contribution in [3.8, 4) is 0 Å². The molecular weight excluding hydrogens is 340 g/mol. The Morgan fingerprint density at radius 2 is 1.37 bits per heavy atom. The molecule has 0 aromatic heterocycles. The average molecular weight is 370 g/mol. The highest BCUT2D eigenvalue weighted by atomic mass is 16.4. The second kappa shape index (κ2) is 9.13. The maximum Gasteiger partial charge on any atom is 0.320 e. The number of aliphatic hydroxyl groups excluding tert-OH is 1. The van der Waals surface area contributed by atoms with Crippen molar-refractivity contribution in [2.45, 2.75) is 24.0 Å². The standard InChI is InChI=1S/C22H30N2O3/c1-23(2)16-20(25)22(17-11-7-5-8-12-17,18-13-9-6-10-14-18)15-19(21(26)27)24(3)4/h5-14,19-20,25H,15-16H2,1-4H3,(H,26,27). The minimum absolute atomic E-state index is 0.262. The average Bonchev–Trinajstić information content (AvgIpc) is 2.63. The molecule has 0 spiro atoms. The van der Waals surface area contributed by atoms with Crippen LogP contribution in [0.15, 0.2) is 60.7 Å². The molecule has 5 heteroatoms. The first-order valence-electron chi connectivity index (χ1n) is 9.12. The molecular formula is C22H30N2O3. The lowest BCUT2D eigenvalue weighted by Crippen LogP contribution is -2.51. The van der Waals surface area contributed by atoms with Crippen molar-refractivity contribution in [3.63, 3.8) is 0 Å². The van der Waals surface area contributed by atoms with E-state index in [4.69, 9.17) is 0 Å². The number of aliphatic carboxylic acids is 1. The third-order valence-corrected chi connectivity index (χ3v) is 5.11. The van der Waals surface area contributed by atoms with Crippen molar-refractivity contribution in [1.29, 1.82) is 0 Å². The summed E-state index contributed by atoms with van der Waals surface area (Å²) in [7, 11) is 7.34. The highest BCUT2D eigenvalue weighted by Crippen LogP contribution is 2.41. The highest BCUT2D eigenvalue weighted by molar-refractivity contribution is 5.74. The Morgan fingerprint density at radius 3 is 1.70 bits per heavy atom. The minimum atomic E-state index is -0.895. The molecule has 2 aromatic carbocycles. The monoisotopic (exact) mass is 370 g/mol. The summed E-state index contributed by atoms with van der Waals surface area (Å²) < 4.78 is 0. The molecule has 2 unspecified atom stereocenters. The van der Waals surface area contributed by atoms with Crippen molar-refractivity contribution >= 4 is 5.97 Å². The number of aliphatic hydroxyl groups is 1. The molecule has 0 heterocycles. The number of carbonyl (C=O) groups is 1. The summed E-state index contributed by atoms with van der Waals surface area (Å²) in [5.41, 5.74) is 0.984. The van der Waals surface area contributed by atoms with E-state index >= 15 is 0 Å². The predicted molar refractivity (Wildman–Crippen MR) is 108 cm³/mol. The van der Waals surface area contributed by atoms with Crippen LogP contribution in [-0.4, -0.2) is 72.9 Å². The second-order valence-electron chi connectivity index (χ2n) is 7.50. The minimum Gasteiger partial charge on any atom is -0.480 e. The van der Waals surface area contributed by atoms with Crippen molar-refractivity contribution in [2.24, 2.45) is 0 Å². The SMILES string of the molecule is CN(C)CC(O)C(CC(C(=O)O)N(C)C)(c1ccccc1)c1ccccc1. The Labute approximate surface area is 161 Å². The summed E-state index contributed by atoms with van der Waals surface area (Å²) in [4.78, 5) is 15.6. The van der Waals surface area contributed by atoms with Gasteiger partial charge in [-0.05, 0) is 45.7 Å². The van der Waals surface area contributed by atoms with Gasteiger partial charge in [-0.1, -0.05) is 60.7 Å².